The summed E-state index contributed by atoms with van der Waals surface area (Å²) >= 11 is 0. The lowest BCUT2D eigenvalue weighted by atomic mass is 9.99. The average Bonchev–Trinajstić information content (AvgIpc) is 2.58. The van der Waals surface area contributed by atoms with E-state index < -0.39 is 0 Å². The monoisotopic (exact) mass is 304 g/mol. The van der Waals surface area contributed by atoms with Gasteiger partial charge in [0.05, 0.1) is 7.11 Å². The Kier molecular flexibility index (Phi) is 6.72. The van der Waals surface area contributed by atoms with Crippen molar-refractivity contribution in [1.29, 1.82) is 0 Å². The minimum absolute atomic E-state index is 0.291. The summed E-state index contributed by atoms with van der Waals surface area (Å²) in [5.74, 6) is 1.18. The summed E-state index contributed by atoms with van der Waals surface area (Å²) in [6.45, 7) is 4.55. The maximum atomic E-state index is 12.4. The van der Waals surface area contributed by atoms with Crippen LogP contribution in [-0.2, 0) is 11.3 Å². The van der Waals surface area contributed by atoms with Crippen LogP contribution in [0.3, 0.4) is 0 Å². The molecule has 2 rings (SSSR count). The maximum Gasteiger partial charge on any atom is 0.224 e. The number of nitrogens with one attached hydrogen (secondary N) is 1. The van der Waals surface area contributed by atoms with Gasteiger partial charge in [0.15, 0.2) is 0 Å². The largest absolute Gasteiger partial charge is 0.496 e. The highest BCUT2D eigenvalue weighted by molar-refractivity contribution is 5.76. The molecule has 0 aliphatic carbocycles. The molecule has 1 aromatic carbocycles. The van der Waals surface area contributed by atoms with Gasteiger partial charge in [0.1, 0.15) is 5.75 Å². The van der Waals surface area contributed by atoms with E-state index in [1.807, 2.05) is 24.3 Å². The topological polar surface area (TPSA) is 41.6 Å². The van der Waals surface area contributed by atoms with E-state index >= 15 is 0 Å². The molecule has 1 aliphatic rings. The van der Waals surface area contributed by atoms with Gasteiger partial charge in [-0.25, -0.2) is 0 Å². The quantitative estimate of drug-likeness (QED) is 0.787. The summed E-state index contributed by atoms with van der Waals surface area (Å²) in [5, 5.41) is 3.35. The van der Waals surface area contributed by atoms with Crippen LogP contribution in [0.15, 0.2) is 24.3 Å². The number of methoxy groups -OCH3 is 1. The van der Waals surface area contributed by atoms with Gasteiger partial charge in [-0.05, 0) is 31.7 Å². The van der Waals surface area contributed by atoms with Gasteiger partial charge in [-0.2, -0.15) is 0 Å². The third-order valence-corrected chi connectivity index (χ3v) is 4.44. The molecular weight excluding hydrogens is 276 g/mol. The van der Waals surface area contributed by atoms with Gasteiger partial charge in [0.2, 0.25) is 5.91 Å². The number of likely N-dealkylation sites (tertiary alicyclic amines) is 1. The molecule has 0 aromatic heterocycles. The second-order valence-corrected chi connectivity index (χ2v) is 5.88. The molecule has 0 spiro atoms. The number of piperidine rings is 1. The van der Waals surface area contributed by atoms with Gasteiger partial charge in [-0.1, -0.05) is 25.1 Å². The Balaban J connectivity index is 1.75. The first-order valence-corrected chi connectivity index (χ1v) is 8.38. The highest BCUT2D eigenvalue weighted by Crippen LogP contribution is 2.20. The van der Waals surface area contributed by atoms with Crippen LogP contribution in [0.25, 0.3) is 0 Å². The van der Waals surface area contributed by atoms with Crippen molar-refractivity contribution in [2.75, 3.05) is 20.2 Å². The van der Waals surface area contributed by atoms with Gasteiger partial charge in [-0.15, -0.1) is 0 Å². The first-order chi connectivity index (χ1) is 10.8. The molecule has 1 aliphatic heterocycles. The zero-order chi connectivity index (χ0) is 15.8. The van der Waals surface area contributed by atoms with Crippen molar-refractivity contribution in [2.45, 2.75) is 51.6 Å². The Labute approximate surface area is 133 Å². The number of carbonyl (C=O) groups is 1. The predicted octanol–water partition coefficient (Wildman–Crippen LogP) is 2.97. The van der Waals surface area contributed by atoms with E-state index in [-0.39, 0.29) is 0 Å². The maximum absolute atomic E-state index is 12.4. The molecule has 1 amide bonds. The van der Waals surface area contributed by atoms with E-state index in [1.54, 1.807) is 7.11 Å². The minimum Gasteiger partial charge on any atom is -0.496 e. The molecule has 0 saturated carbocycles. The Hall–Kier alpha value is -1.55. The summed E-state index contributed by atoms with van der Waals surface area (Å²) in [7, 11) is 1.68. The molecule has 1 unspecified atom stereocenters. The lowest BCUT2D eigenvalue weighted by Gasteiger charge is -2.35. The molecular formula is C18H28N2O2. The normalized spacial score (nSPS) is 18.3. The van der Waals surface area contributed by atoms with Crippen molar-refractivity contribution in [3.8, 4) is 5.75 Å². The number of amides is 1. The Morgan fingerprint density at radius 3 is 2.95 bits per heavy atom. The molecule has 0 bridgehead atoms. The van der Waals surface area contributed by atoms with E-state index in [4.69, 9.17) is 4.74 Å². The van der Waals surface area contributed by atoms with Crippen LogP contribution in [0.5, 0.6) is 5.75 Å². The number of rotatable bonds is 7. The standard InChI is InChI=1S/C18H28N2O2/c1-3-16-9-6-7-13-20(16)18(21)11-12-19-14-15-8-4-5-10-17(15)22-2/h4-5,8,10,16,19H,3,6-7,9,11-14H2,1-2H3. The van der Waals surface area contributed by atoms with Crippen LogP contribution < -0.4 is 10.1 Å². The summed E-state index contributed by atoms with van der Waals surface area (Å²) < 4.78 is 5.33. The second kappa shape index (κ2) is 8.79. The SMILES string of the molecule is CCC1CCCCN1C(=O)CCNCc1ccccc1OC. The zero-order valence-corrected chi connectivity index (χ0v) is 13.8. The third kappa shape index (κ3) is 4.47. The Bertz CT molecular complexity index is 476. The molecule has 4 heteroatoms. The summed E-state index contributed by atoms with van der Waals surface area (Å²) in [6, 6.07) is 8.43. The van der Waals surface area contributed by atoms with E-state index in [1.165, 1.54) is 6.42 Å². The fraction of sp³-hybridized carbons (Fsp3) is 0.611. The molecule has 1 heterocycles. The molecule has 1 atom stereocenters. The molecule has 0 radical (unpaired) electrons. The zero-order valence-electron chi connectivity index (χ0n) is 13.8. The van der Waals surface area contributed by atoms with Crippen molar-refractivity contribution in [2.24, 2.45) is 0 Å². The van der Waals surface area contributed by atoms with E-state index in [2.05, 4.69) is 17.1 Å². The molecule has 4 nitrogen and oxygen atoms in total. The first kappa shape index (κ1) is 16.8. The number of nitrogens with zero attached hydrogens (tertiary/aromatic N) is 1. The van der Waals surface area contributed by atoms with Gasteiger partial charge < -0.3 is 15.0 Å². The first-order valence-electron chi connectivity index (χ1n) is 8.38. The van der Waals surface area contributed by atoms with E-state index in [0.717, 1.165) is 43.7 Å². The lowest BCUT2D eigenvalue weighted by molar-refractivity contribution is -0.134. The summed E-state index contributed by atoms with van der Waals surface area (Å²) in [5.41, 5.74) is 1.13. The van der Waals surface area contributed by atoms with Gasteiger partial charge >= 0.3 is 0 Å². The van der Waals surface area contributed by atoms with Crippen LogP contribution in [0.2, 0.25) is 0 Å². The molecule has 1 N–H and O–H groups in total. The van der Waals surface area contributed by atoms with Crippen molar-refractivity contribution in [3.63, 3.8) is 0 Å². The average molecular weight is 304 g/mol. The molecule has 22 heavy (non-hydrogen) atoms. The van der Waals surface area contributed by atoms with Crippen molar-refractivity contribution in [3.05, 3.63) is 29.8 Å². The van der Waals surface area contributed by atoms with Gasteiger partial charge in [0, 0.05) is 37.7 Å². The highest BCUT2D eigenvalue weighted by Gasteiger charge is 2.24. The van der Waals surface area contributed by atoms with Crippen LogP contribution in [0.1, 0.15) is 44.6 Å². The highest BCUT2D eigenvalue weighted by atomic mass is 16.5. The molecule has 122 valence electrons. The third-order valence-electron chi connectivity index (χ3n) is 4.44. The number of hydrogen-bond acceptors (Lipinski definition) is 3. The fourth-order valence-electron chi connectivity index (χ4n) is 3.16. The minimum atomic E-state index is 0.291. The Morgan fingerprint density at radius 1 is 1.36 bits per heavy atom. The van der Waals surface area contributed by atoms with Gasteiger partial charge in [0.25, 0.3) is 0 Å². The van der Waals surface area contributed by atoms with E-state index in [9.17, 15) is 4.79 Å². The van der Waals surface area contributed by atoms with Crippen LogP contribution in [0.4, 0.5) is 0 Å². The van der Waals surface area contributed by atoms with Crippen LogP contribution >= 0.6 is 0 Å². The van der Waals surface area contributed by atoms with Crippen molar-refractivity contribution in [1.82, 2.24) is 10.2 Å². The fourth-order valence-corrected chi connectivity index (χ4v) is 3.16. The number of carbonyl (C=O) groups excluding carboxylic acids is 1. The molecule has 1 saturated heterocycles. The van der Waals surface area contributed by atoms with Crippen molar-refractivity contribution < 1.29 is 9.53 Å². The Morgan fingerprint density at radius 2 is 2.18 bits per heavy atom. The number of para-hydroxylation sites is 1. The predicted molar refractivity (Wildman–Crippen MR) is 89.0 cm³/mol. The summed E-state index contributed by atoms with van der Waals surface area (Å²) in [6.07, 6.45) is 5.22. The van der Waals surface area contributed by atoms with Gasteiger partial charge in [-0.3, -0.25) is 4.79 Å². The van der Waals surface area contributed by atoms with E-state index in [0.29, 0.717) is 24.9 Å². The number of hydrogen-bond donors (Lipinski definition) is 1. The second-order valence-electron chi connectivity index (χ2n) is 5.88. The molecule has 1 fully saturated rings. The smallest absolute Gasteiger partial charge is 0.224 e. The summed E-state index contributed by atoms with van der Waals surface area (Å²) in [4.78, 5) is 14.5. The van der Waals surface area contributed by atoms with Crippen molar-refractivity contribution >= 4 is 5.91 Å². The number of benzene rings is 1. The van der Waals surface area contributed by atoms with Crippen LogP contribution in [0, 0.1) is 0 Å². The molecule has 1 aromatic rings. The van der Waals surface area contributed by atoms with Crippen LogP contribution in [-0.4, -0.2) is 37.0 Å². The lowest BCUT2D eigenvalue weighted by Crippen LogP contribution is -2.44. The number of ether oxygens (including phenoxy) is 1.